The Hall–Kier alpha value is -2.35. The topological polar surface area (TPSA) is 29.1 Å². The minimum Gasteiger partial charge on any atom is -0.362 e. The van der Waals surface area contributed by atoms with Crippen molar-refractivity contribution in [3.05, 3.63) is 65.9 Å². The first-order chi connectivity index (χ1) is 11.8. The number of hydrogen-bond acceptors (Lipinski definition) is 2. The molecule has 2 nitrogen and oxygen atoms in total. The Morgan fingerprint density at radius 3 is 2.00 bits per heavy atom. The van der Waals surface area contributed by atoms with E-state index in [1.165, 1.54) is 36.8 Å². The normalized spacial score (nSPS) is 16.9. The van der Waals surface area contributed by atoms with E-state index < -0.39 is 0 Å². The molecule has 0 aliphatic heterocycles. The number of ketones is 1. The van der Waals surface area contributed by atoms with E-state index in [9.17, 15) is 4.79 Å². The summed E-state index contributed by atoms with van der Waals surface area (Å²) in [6.07, 6.45) is 9.25. The van der Waals surface area contributed by atoms with E-state index in [2.05, 4.69) is 47.9 Å². The van der Waals surface area contributed by atoms with Gasteiger partial charge >= 0.3 is 0 Å². The number of carbonyl (C=O) groups excluding carboxylic acids is 1. The molecule has 0 spiro atoms. The zero-order chi connectivity index (χ0) is 16.4. The predicted molar refractivity (Wildman–Crippen MR) is 99.1 cm³/mol. The van der Waals surface area contributed by atoms with Crippen LogP contribution in [-0.2, 0) is 0 Å². The molecule has 2 heteroatoms. The molecule has 0 bridgehead atoms. The van der Waals surface area contributed by atoms with Crippen molar-refractivity contribution < 1.29 is 4.79 Å². The molecule has 0 unspecified atom stereocenters. The first kappa shape index (κ1) is 15.2. The fourth-order valence-electron chi connectivity index (χ4n) is 3.20. The molecule has 0 saturated heterocycles. The smallest absolute Gasteiger partial charge is 0.165 e. The van der Waals surface area contributed by atoms with Crippen molar-refractivity contribution >= 4 is 11.5 Å². The molecule has 2 saturated carbocycles. The molecule has 2 aromatic rings. The van der Waals surface area contributed by atoms with Gasteiger partial charge in [0.05, 0.1) is 0 Å². The number of benzene rings is 2. The standard InChI is InChI=1S/C22H23NO/c24-22(19-5-2-6-19)20-9-7-17(8-10-20)18-11-13-21(14-12-18)23-15-16-3-1-4-16/h7-15,19,23H,1-6H2. The van der Waals surface area contributed by atoms with Crippen LogP contribution in [0.25, 0.3) is 11.1 Å². The molecule has 2 fully saturated rings. The Morgan fingerprint density at radius 1 is 0.875 bits per heavy atom. The fourth-order valence-corrected chi connectivity index (χ4v) is 3.20. The summed E-state index contributed by atoms with van der Waals surface area (Å²) in [5, 5.41) is 3.37. The highest BCUT2D eigenvalue weighted by atomic mass is 16.1. The summed E-state index contributed by atoms with van der Waals surface area (Å²) in [4.78, 5) is 12.3. The first-order valence-corrected chi connectivity index (χ1v) is 8.99. The lowest BCUT2D eigenvalue weighted by atomic mass is 9.80. The van der Waals surface area contributed by atoms with Crippen LogP contribution < -0.4 is 5.32 Å². The van der Waals surface area contributed by atoms with Crippen molar-refractivity contribution in [1.82, 2.24) is 0 Å². The van der Waals surface area contributed by atoms with Gasteiger partial charge in [0.1, 0.15) is 0 Å². The molecule has 2 aliphatic carbocycles. The lowest BCUT2D eigenvalue weighted by Crippen LogP contribution is -2.21. The average Bonchev–Trinajstić information content (AvgIpc) is 2.53. The lowest BCUT2D eigenvalue weighted by Gasteiger charge is -2.23. The second kappa shape index (κ2) is 6.64. The Labute approximate surface area is 143 Å². The van der Waals surface area contributed by atoms with E-state index in [-0.39, 0.29) is 5.92 Å². The van der Waals surface area contributed by atoms with Crippen LogP contribution in [0.15, 0.2) is 60.3 Å². The molecule has 2 aliphatic rings. The average molecular weight is 317 g/mol. The van der Waals surface area contributed by atoms with Gasteiger partial charge in [-0.25, -0.2) is 0 Å². The van der Waals surface area contributed by atoms with Gasteiger partial charge in [-0.1, -0.05) is 48.4 Å². The summed E-state index contributed by atoms with van der Waals surface area (Å²) in [5.41, 5.74) is 5.82. The van der Waals surface area contributed by atoms with Gasteiger partial charge in [0.2, 0.25) is 0 Å². The summed E-state index contributed by atoms with van der Waals surface area (Å²) in [5.74, 6) is 0.586. The van der Waals surface area contributed by atoms with Crippen LogP contribution in [0.3, 0.4) is 0 Å². The Morgan fingerprint density at radius 2 is 1.50 bits per heavy atom. The minimum atomic E-state index is 0.269. The second-order valence-corrected chi connectivity index (χ2v) is 6.95. The highest BCUT2D eigenvalue weighted by Gasteiger charge is 2.25. The predicted octanol–water partition coefficient (Wildman–Crippen LogP) is 5.82. The van der Waals surface area contributed by atoms with E-state index in [1.54, 1.807) is 0 Å². The summed E-state index contributed by atoms with van der Waals surface area (Å²) >= 11 is 0. The molecule has 0 radical (unpaired) electrons. The lowest BCUT2D eigenvalue weighted by molar-refractivity contribution is 0.0855. The maximum atomic E-state index is 12.3. The van der Waals surface area contributed by atoms with Gasteiger partial charge in [-0.15, -0.1) is 0 Å². The van der Waals surface area contributed by atoms with Crippen LogP contribution >= 0.6 is 0 Å². The Bertz CT molecular complexity index is 746. The highest BCUT2D eigenvalue weighted by Crippen LogP contribution is 2.31. The largest absolute Gasteiger partial charge is 0.362 e. The van der Waals surface area contributed by atoms with E-state index in [0.29, 0.717) is 5.78 Å². The third-order valence-corrected chi connectivity index (χ3v) is 5.30. The van der Waals surface area contributed by atoms with Gasteiger partial charge in [-0.3, -0.25) is 4.79 Å². The van der Waals surface area contributed by atoms with Gasteiger partial charge in [0.25, 0.3) is 0 Å². The summed E-state index contributed by atoms with van der Waals surface area (Å²) in [6.45, 7) is 0. The van der Waals surface area contributed by atoms with Gasteiger partial charge in [-0.2, -0.15) is 0 Å². The van der Waals surface area contributed by atoms with Crippen molar-refractivity contribution in [2.45, 2.75) is 38.5 Å². The van der Waals surface area contributed by atoms with Crippen molar-refractivity contribution in [3.8, 4) is 11.1 Å². The van der Waals surface area contributed by atoms with Crippen LogP contribution in [0.2, 0.25) is 0 Å². The molecule has 4 rings (SSSR count). The number of nitrogens with one attached hydrogen (secondary N) is 1. The van der Waals surface area contributed by atoms with Crippen molar-refractivity contribution in [2.75, 3.05) is 5.32 Å². The maximum absolute atomic E-state index is 12.3. The van der Waals surface area contributed by atoms with Crippen molar-refractivity contribution in [3.63, 3.8) is 0 Å². The molecule has 0 atom stereocenters. The van der Waals surface area contributed by atoms with E-state index in [4.69, 9.17) is 0 Å². The van der Waals surface area contributed by atoms with Gasteiger partial charge in [0.15, 0.2) is 5.78 Å². The molecule has 122 valence electrons. The van der Waals surface area contributed by atoms with Gasteiger partial charge in [0, 0.05) is 23.4 Å². The molecular weight excluding hydrogens is 294 g/mol. The van der Waals surface area contributed by atoms with Crippen LogP contribution in [0.4, 0.5) is 5.69 Å². The van der Waals surface area contributed by atoms with Gasteiger partial charge < -0.3 is 5.32 Å². The molecule has 1 N–H and O–H groups in total. The zero-order valence-corrected chi connectivity index (χ0v) is 13.9. The van der Waals surface area contributed by atoms with Crippen LogP contribution in [-0.4, -0.2) is 5.78 Å². The van der Waals surface area contributed by atoms with E-state index >= 15 is 0 Å². The van der Waals surface area contributed by atoms with Crippen LogP contribution in [0, 0.1) is 5.92 Å². The number of Topliss-reactive ketones (excluding diaryl/α,β-unsaturated/α-hetero) is 1. The number of rotatable bonds is 5. The van der Waals surface area contributed by atoms with Crippen molar-refractivity contribution in [1.29, 1.82) is 0 Å². The van der Waals surface area contributed by atoms with E-state index in [1.807, 2.05) is 12.1 Å². The quantitative estimate of drug-likeness (QED) is 0.704. The molecule has 0 amide bonds. The number of anilines is 1. The third-order valence-electron chi connectivity index (χ3n) is 5.30. The molecule has 0 heterocycles. The number of allylic oxidation sites excluding steroid dienone is 1. The monoisotopic (exact) mass is 317 g/mol. The second-order valence-electron chi connectivity index (χ2n) is 6.95. The maximum Gasteiger partial charge on any atom is 0.165 e. The summed E-state index contributed by atoms with van der Waals surface area (Å²) < 4.78 is 0. The van der Waals surface area contributed by atoms with Crippen LogP contribution in [0.5, 0.6) is 0 Å². The zero-order valence-electron chi connectivity index (χ0n) is 13.9. The molecule has 0 aromatic heterocycles. The highest BCUT2D eigenvalue weighted by molar-refractivity contribution is 5.98. The van der Waals surface area contributed by atoms with Gasteiger partial charge in [-0.05, 0) is 55.4 Å². The summed E-state index contributed by atoms with van der Waals surface area (Å²) in [7, 11) is 0. The fraction of sp³-hybridized carbons (Fsp3) is 0.318. The van der Waals surface area contributed by atoms with Crippen molar-refractivity contribution in [2.24, 2.45) is 5.92 Å². The molecule has 24 heavy (non-hydrogen) atoms. The Kier molecular flexibility index (Phi) is 4.20. The summed E-state index contributed by atoms with van der Waals surface area (Å²) in [6, 6.07) is 16.5. The molecule has 2 aromatic carbocycles. The number of carbonyl (C=O) groups is 1. The van der Waals surface area contributed by atoms with Crippen LogP contribution in [0.1, 0.15) is 48.9 Å². The Balaban J connectivity index is 1.44. The minimum absolute atomic E-state index is 0.269. The first-order valence-electron chi connectivity index (χ1n) is 8.99. The molecular formula is C22H23NO. The third kappa shape index (κ3) is 3.14. The SMILES string of the molecule is O=C(c1ccc(-c2ccc(NC=C3CCC3)cc2)cc1)C1CCC1. The number of hydrogen-bond donors (Lipinski definition) is 1. The van der Waals surface area contributed by atoms with E-state index in [0.717, 1.165) is 29.7 Å².